The maximum atomic E-state index is 3.59. The second-order valence-electron chi connectivity index (χ2n) is 5.91. The summed E-state index contributed by atoms with van der Waals surface area (Å²) in [5.74, 6) is 0.526. The number of benzene rings is 2. The van der Waals surface area contributed by atoms with Gasteiger partial charge in [-0.15, -0.1) is 0 Å². The molecule has 2 aromatic rings. The lowest BCUT2D eigenvalue weighted by Crippen LogP contribution is -2.25. The largest absolute Gasteiger partial charge is 0.382 e. The summed E-state index contributed by atoms with van der Waals surface area (Å²) in [6, 6.07) is 18.5. The minimum absolute atomic E-state index is 0.526. The van der Waals surface area contributed by atoms with E-state index in [1.165, 1.54) is 41.6 Å². The van der Waals surface area contributed by atoms with Crippen LogP contribution in [-0.2, 0) is 6.42 Å². The van der Waals surface area contributed by atoms with Crippen molar-refractivity contribution in [2.45, 2.75) is 45.1 Å². The van der Waals surface area contributed by atoms with E-state index < -0.39 is 0 Å². The van der Waals surface area contributed by atoms with E-state index in [9.17, 15) is 0 Å². The number of hydrogen-bond acceptors (Lipinski definition) is 1. The van der Waals surface area contributed by atoms with Crippen LogP contribution in [0.5, 0.6) is 0 Å². The summed E-state index contributed by atoms with van der Waals surface area (Å²) < 4.78 is 0. The number of nitrogens with one attached hydrogen (secondary N) is 1. The Morgan fingerprint density at radius 2 is 1.80 bits per heavy atom. The van der Waals surface area contributed by atoms with E-state index in [-0.39, 0.29) is 0 Å². The van der Waals surface area contributed by atoms with Gasteiger partial charge in [-0.25, -0.2) is 0 Å². The summed E-state index contributed by atoms with van der Waals surface area (Å²) in [5, 5.41) is 3.59. The molecule has 0 amide bonds. The molecule has 2 unspecified atom stereocenters. The number of anilines is 1. The zero-order valence-electron chi connectivity index (χ0n) is 12.4. The molecule has 0 bridgehead atoms. The normalized spacial score (nSPS) is 21.1. The van der Waals surface area contributed by atoms with E-state index in [0.29, 0.717) is 12.0 Å². The minimum Gasteiger partial charge on any atom is -0.382 e. The van der Waals surface area contributed by atoms with Gasteiger partial charge in [0.05, 0.1) is 0 Å². The van der Waals surface area contributed by atoms with Gasteiger partial charge < -0.3 is 5.32 Å². The molecule has 1 heterocycles. The van der Waals surface area contributed by atoms with Crippen LogP contribution in [0.25, 0.3) is 0 Å². The van der Waals surface area contributed by atoms with Crippen molar-refractivity contribution in [2.75, 3.05) is 5.32 Å². The van der Waals surface area contributed by atoms with Gasteiger partial charge in [-0.05, 0) is 42.5 Å². The molecule has 1 aliphatic rings. The average molecular weight is 265 g/mol. The van der Waals surface area contributed by atoms with Crippen molar-refractivity contribution in [3.63, 3.8) is 0 Å². The van der Waals surface area contributed by atoms with E-state index in [0.717, 1.165) is 0 Å². The van der Waals surface area contributed by atoms with Gasteiger partial charge in [0.2, 0.25) is 0 Å². The van der Waals surface area contributed by atoms with Crippen molar-refractivity contribution in [1.29, 1.82) is 0 Å². The highest BCUT2D eigenvalue weighted by Crippen LogP contribution is 2.38. The van der Waals surface area contributed by atoms with Crippen molar-refractivity contribution in [3.8, 4) is 0 Å². The molecule has 1 aliphatic heterocycles. The van der Waals surface area contributed by atoms with E-state index in [4.69, 9.17) is 0 Å². The highest BCUT2D eigenvalue weighted by molar-refractivity contribution is 5.58. The second kappa shape index (κ2) is 5.70. The van der Waals surface area contributed by atoms with E-state index >= 15 is 0 Å². The van der Waals surface area contributed by atoms with Gasteiger partial charge in [-0.1, -0.05) is 55.8 Å². The first-order valence-corrected chi connectivity index (χ1v) is 7.72. The Labute approximate surface area is 122 Å². The van der Waals surface area contributed by atoms with Gasteiger partial charge in [0.15, 0.2) is 0 Å². The third kappa shape index (κ3) is 2.58. The van der Waals surface area contributed by atoms with Crippen LogP contribution in [0.15, 0.2) is 48.5 Å². The van der Waals surface area contributed by atoms with E-state index in [1.54, 1.807) is 0 Å². The van der Waals surface area contributed by atoms with Crippen LogP contribution in [0.1, 0.15) is 49.3 Å². The van der Waals surface area contributed by atoms with Crippen molar-refractivity contribution in [3.05, 3.63) is 65.2 Å². The van der Waals surface area contributed by atoms with Crippen molar-refractivity contribution < 1.29 is 0 Å². The highest BCUT2D eigenvalue weighted by Gasteiger charge is 2.24. The molecule has 104 valence electrons. The third-order valence-electron chi connectivity index (χ3n) is 4.25. The Balaban J connectivity index is 1.93. The zero-order valence-corrected chi connectivity index (χ0v) is 12.4. The minimum atomic E-state index is 0.526. The van der Waals surface area contributed by atoms with Gasteiger partial charge >= 0.3 is 0 Å². The molecule has 2 aromatic carbocycles. The fourth-order valence-corrected chi connectivity index (χ4v) is 3.26. The maximum Gasteiger partial charge on any atom is 0.0381 e. The molecule has 1 heteroatoms. The molecule has 1 nitrogen and oxygen atoms in total. The van der Waals surface area contributed by atoms with E-state index in [2.05, 4.69) is 67.7 Å². The first kappa shape index (κ1) is 13.2. The Kier molecular flexibility index (Phi) is 3.77. The lowest BCUT2D eigenvalue weighted by Gasteiger charge is -2.31. The number of fused-ring (bicyclic) bond motifs is 1. The zero-order chi connectivity index (χ0) is 13.9. The van der Waals surface area contributed by atoms with Crippen LogP contribution in [0.2, 0.25) is 0 Å². The van der Waals surface area contributed by atoms with Crippen LogP contribution >= 0.6 is 0 Å². The van der Waals surface area contributed by atoms with Crippen molar-refractivity contribution in [2.24, 2.45) is 0 Å². The monoisotopic (exact) mass is 265 g/mol. The Bertz CT molecular complexity index is 571. The summed E-state index contributed by atoms with van der Waals surface area (Å²) in [6.45, 7) is 4.51. The maximum absolute atomic E-state index is 3.59. The molecule has 0 saturated heterocycles. The first-order valence-electron chi connectivity index (χ1n) is 7.72. The van der Waals surface area contributed by atoms with Crippen molar-refractivity contribution in [1.82, 2.24) is 0 Å². The van der Waals surface area contributed by atoms with Crippen LogP contribution in [0.4, 0.5) is 5.69 Å². The van der Waals surface area contributed by atoms with Crippen LogP contribution < -0.4 is 5.32 Å². The molecule has 2 atom stereocenters. The lowest BCUT2D eigenvalue weighted by atomic mass is 9.82. The van der Waals surface area contributed by atoms with Gasteiger partial charge in [0.25, 0.3) is 0 Å². The molecular weight excluding hydrogens is 242 g/mol. The fraction of sp³-hybridized carbons (Fsp3) is 0.368. The summed E-state index contributed by atoms with van der Waals surface area (Å²) >= 11 is 0. The molecule has 0 spiro atoms. The summed E-state index contributed by atoms with van der Waals surface area (Å²) in [5.41, 5.74) is 5.64. The fourth-order valence-electron chi connectivity index (χ4n) is 3.26. The molecule has 0 aliphatic carbocycles. The molecule has 0 aromatic heterocycles. The number of aryl methyl sites for hydroxylation is 1. The Morgan fingerprint density at radius 1 is 1.05 bits per heavy atom. The van der Waals surface area contributed by atoms with Gasteiger partial charge in [0.1, 0.15) is 0 Å². The Hall–Kier alpha value is -1.76. The first-order chi connectivity index (χ1) is 9.78. The predicted octanol–water partition coefficient (Wildman–Crippen LogP) is 4.98. The molecule has 0 fully saturated rings. The van der Waals surface area contributed by atoms with Crippen LogP contribution in [0, 0.1) is 0 Å². The summed E-state index contributed by atoms with van der Waals surface area (Å²) in [4.78, 5) is 0. The lowest BCUT2D eigenvalue weighted by molar-refractivity contribution is 0.614. The van der Waals surface area contributed by atoms with Crippen molar-refractivity contribution >= 4 is 5.69 Å². The molecule has 3 rings (SSSR count). The molecular formula is C19H23N. The molecule has 1 N–H and O–H groups in total. The summed E-state index contributed by atoms with van der Waals surface area (Å²) in [7, 11) is 0. The smallest absolute Gasteiger partial charge is 0.0381 e. The SMILES string of the molecule is CCCc1ccc(C2CC(C)Nc3ccccc32)cc1. The Morgan fingerprint density at radius 3 is 2.55 bits per heavy atom. The van der Waals surface area contributed by atoms with Crippen LogP contribution in [-0.4, -0.2) is 6.04 Å². The molecule has 0 saturated carbocycles. The van der Waals surface area contributed by atoms with E-state index in [1.807, 2.05) is 0 Å². The quantitative estimate of drug-likeness (QED) is 0.825. The van der Waals surface area contributed by atoms with Crippen LogP contribution in [0.3, 0.4) is 0 Å². The van der Waals surface area contributed by atoms with Gasteiger partial charge in [0, 0.05) is 17.6 Å². The number of rotatable bonds is 3. The number of hydrogen-bond donors (Lipinski definition) is 1. The molecule has 20 heavy (non-hydrogen) atoms. The average Bonchev–Trinajstić information content (AvgIpc) is 2.47. The van der Waals surface area contributed by atoms with Gasteiger partial charge in [-0.3, -0.25) is 0 Å². The standard InChI is InChI=1S/C19H23N/c1-3-6-15-9-11-16(12-10-15)18-13-14(2)20-19-8-5-4-7-17(18)19/h4-5,7-12,14,18,20H,3,6,13H2,1-2H3. The topological polar surface area (TPSA) is 12.0 Å². The predicted molar refractivity (Wildman–Crippen MR) is 86.4 cm³/mol. The van der Waals surface area contributed by atoms with Gasteiger partial charge in [-0.2, -0.15) is 0 Å². The number of para-hydroxylation sites is 1. The third-order valence-corrected chi connectivity index (χ3v) is 4.25. The summed E-state index contributed by atoms with van der Waals surface area (Å²) in [6.07, 6.45) is 3.57. The highest BCUT2D eigenvalue weighted by atomic mass is 14.9. The molecule has 0 radical (unpaired) electrons. The second-order valence-corrected chi connectivity index (χ2v) is 5.91.